The Bertz CT molecular complexity index is 434. The molecular formula is C14H19BrN2O. The first-order chi connectivity index (χ1) is 8.74. The topological polar surface area (TPSA) is 41.1 Å². The average molecular weight is 311 g/mol. The number of benzene rings is 1. The number of halogens is 1. The third-order valence-electron chi connectivity index (χ3n) is 3.24. The van der Waals surface area contributed by atoms with Crippen molar-refractivity contribution >= 4 is 27.5 Å². The minimum absolute atomic E-state index is 0.0485. The zero-order chi connectivity index (χ0) is 13.0. The van der Waals surface area contributed by atoms with Gasteiger partial charge in [0.1, 0.15) is 6.04 Å². The molecule has 1 aromatic carbocycles. The third kappa shape index (κ3) is 2.93. The number of carbonyl (C=O) groups is 1. The molecule has 0 aromatic heterocycles. The van der Waals surface area contributed by atoms with Crippen LogP contribution in [0.1, 0.15) is 44.2 Å². The van der Waals surface area contributed by atoms with Crippen LogP contribution in [-0.4, -0.2) is 12.5 Å². The lowest BCUT2D eigenvalue weighted by molar-refractivity contribution is -0.117. The number of amides is 1. The maximum absolute atomic E-state index is 11.9. The van der Waals surface area contributed by atoms with Gasteiger partial charge >= 0.3 is 0 Å². The van der Waals surface area contributed by atoms with Crippen molar-refractivity contribution in [3.05, 3.63) is 28.2 Å². The molecule has 0 radical (unpaired) electrons. The van der Waals surface area contributed by atoms with E-state index >= 15 is 0 Å². The molecule has 0 fully saturated rings. The van der Waals surface area contributed by atoms with Crippen molar-refractivity contribution in [1.82, 2.24) is 5.32 Å². The van der Waals surface area contributed by atoms with Crippen LogP contribution in [-0.2, 0) is 4.79 Å². The molecule has 2 N–H and O–H groups in total. The highest BCUT2D eigenvalue weighted by Crippen LogP contribution is 2.36. The number of rotatable bonds is 6. The summed E-state index contributed by atoms with van der Waals surface area (Å²) in [6, 6.07) is 5.64. The molecule has 1 aliphatic heterocycles. The summed E-state index contributed by atoms with van der Waals surface area (Å²) in [5, 5.41) is 6.25. The molecule has 1 atom stereocenters. The lowest BCUT2D eigenvalue weighted by Gasteiger charge is -2.12. The molecule has 0 saturated carbocycles. The molecule has 0 saturated heterocycles. The molecule has 3 nitrogen and oxygen atoms in total. The molecule has 1 aliphatic rings. The summed E-state index contributed by atoms with van der Waals surface area (Å²) in [5.74, 6) is 0.0485. The first-order valence-electron chi connectivity index (χ1n) is 6.56. The fourth-order valence-electron chi connectivity index (χ4n) is 2.27. The summed E-state index contributed by atoms with van der Waals surface area (Å²) >= 11 is 3.52. The van der Waals surface area contributed by atoms with Crippen LogP contribution in [0.25, 0.3) is 0 Å². The minimum atomic E-state index is -0.211. The number of hydrogen-bond acceptors (Lipinski definition) is 2. The van der Waals surface area contributed by atoms with Crippen LogP contribution >= 0.6 is 15.9 Å². The van der Waals surface area contributed by atoms with Gasteiger partial charge in [0, 0.05) is 15.7 Å². The van der Waals surface area contributed by atoms with Crippen LogP contribution in [0.4, 0.5) is 5.69 Å². The number of nitrogens with one attached hydrogen (secondary N) is 2. The zero-order valence-corrected chi connectivity index (χ0v) is 12.2. The summed E-state index contributed by atoms with van der Waals surface area (Å²) in [7, 11) is 0. The van der Waals surface area contributed by atoms with Crippen molar-refractivity contribution in [1.29, 1.82) is 0 Å². The summed E-state index contributed by atoms with van der Waals surface area (Å²) in [6.07, 6.45) is 4.84. The highest BCUT2D eigenvalue weighted by Gasteiger charge is 2.31. The maximum Gasteiger partial charge on any atom is 0.246 e. The van der Waals surface area contributed by atoms with Crippen LogP contribution in [0.3, 0.4) is 0 Å². The Morgan fingerprint density at radius 1 is 1.33 bits per heavy atom. The van der Waals surface area contributed by atoms with E-state index in [1.54, 1.807) is 0 Å². The van der Waals surface area contributed by atoms with Crippen molar-refractivity contribution in [2.75, 3.05) is 11.9 Å². The number of carbonyl (C=O) groups excluding carboxylic acids is 1. The molecule has 1 unspecified atom stereocenters. The van der Waals surface area contributed by atoms with Gasteiger partial charge in [0.05, 0.1) is 0 Å². The number of hydrogen-bond donors (Lipinski definition) is 2. The van der Waals surface area contributed by atoms with Gasteiger partial charge in [-0.05, 0) is 25.1 Å². The van der Waals surface area contributed by atoms with Gasteiger partial charge in [0.2, 0.25) is 5.91 Å². The lowest BCUT2D eigenvalue weighted by Crippen LogP contribution is -2.28. The van der Waals surface area contributed by atoms with Gasteiger partial charge in [-0.2, -0.15) is 0 Å². The summed E-state index contributed by atoms with van der Waals surface area (Å²) in [5.41, 5.74) is 1.96. The molecule has 0 spiro atoms. The van der Waals surface area contributed by atoms with Gasteiger partial charge in [0.15, 0.2) is 0 Å². The predicted octanol–water partition coefficient (Wildman–Crippen LogP) is 3.61. The van der Waals surface area contributed by atoms with Gasteiger partial charge in [-0.3, -0.25) is 4.79 Å². The van der Waals surface area contributed by atoms with Crippen LogP contribution in [0.2, 0.25) is 0 Å². The Balaban J connectivity index is 1.96. The molecule has 0 aliphatic carbocycles. The second-order valence-electron chi connectivity index (χ2n) is 4.64. The summed E-state index contributed by atoms with van der Waals surface area (Å²) < 4.78 is 0.990. The van der Waals surface area contributed by atoms with E-state index in [4.69, 9.17) is 0 Å². The first kappa shape index (κ1) is 13.6. The Kier molecular flexibility index (Phi) is 4.78. The van der Waals surface area contributed by atoms with Crippen LogP contribution in [0.5, 0.6) is 0 Å². The molecule has 18 heavy (non-hydrogen) atoms. The quantitative estimate of drug-likeness (QED) is 0.788. The normalized spacial score (nSPS) is 17.7. The molecule has 1 amide bonds. The standard InChI is InChI=1S/C14H19BrN2O/c1-2-3-4-5-9-16-13-12-10(15)7-6-8-11(12)17-14(13)18/h6-8,13,16H,2-5,9H2,1H3,(H,17,18). The fourth-order valence-corrected chi connectivity index (χ4v) is 2.86. The van der Waals surface area contributed by atoms with Crippen molar-refractivity contribution < 1.29 is 4.79 Å². The van der Waals surface area contributed by atoms with E-state index in [1.165, 1.54) is 19.3 Å². The van der Waals surface area contributed by atoms with E-state index in [0.717, 1.165) is 28.7 Å². The van der Waals surface area contributed by atoms with E-state index in [1.807, 2.05) is 18.2 Å². The van der Waals surface area contributed by atoms with Crippen LogP contribution in [0.15, 0.2) is 22.7 Å². The Labute approximate surface area is 116 Å². The Morgan fingerprint density at radius 2 is 2.17 bits per heavy atom. The number of unbranched alkanes of at least 4 members (excludes halogenated alkanes) is 3. The third-order valence-corrected chi connectivity index (χ3v) is 3.93. The van der Waals surface area contributed by atoms with Crippen molar-refractivity contribution in [3.8, 4) is 0 Å². The molecule has 98 valence electrons. The second kappa shape index (κ2) is 6.34. The monoisotopic (exact) mass is 310 g/mol. The predicted molar refractivity (Wildman–Crippen MR) is 77.7 cm³/mol. The smallest absolute Gasteiger partial charge is 0.246 e. The number of fused-ring (bicyclic) bond motifs is 1. The summed E-state index contributed by atoms with van der Waals surface area (Å²) in [4.78, 5) is 11.9. The van der Waals surface area contributed by atoms with Gasteiger partial charge in [-0.1, -0.05) is 48.2 Å². The van der Waals surface area contributed by atoms with E-state index in [0.29, 0.717) is 0 Å². The second-order valence-corrected chi connectivity index (χ2v) is 5.49. The minimum Gasteiger partial charge on any atom is -0.324 e. The average Bonchev–Trinajstić information content (AvgIpc) is 2.67. The summed E-state index contributed by atoms with van der Waals surface area (Å²) in [6.45, 7) is 3.09. The highest BCUT2D eigenvalue weighted by atomic mass is 79.9. The molecule has 4 heteroatoms. The van der Waals surface area contributed by atoms with Crippen LogP contribution < -0.4 is 10.6 Å². The molecule has 1 heterocycles. The Morgan fingerprint density at radius 3 is 2.94 bits per heavy atom. The SMILES string of the molecule is CCCCCCNC1C(=O)Nc2cccc(Br)c21. The van der Waals surface area contributed by atoms with E-state index in [2.05, 4.69) is 33.5 Å². The van der Waals surface area contributed by atoms with E-state index in [-0.39, 0.29) is 11.9 Å². The van der Waals surface area contributed by atoms with E-state index < -0.39 is 0 Å². The highest BCUT2D eigenvalue weighted by molar-refractivity contribution is 9.10. The molecular weight excluding hydrogens is 292 g/mol. The molecule has 2 rings (SSSR count). The van der Waals surface area contributed by atoms with Gasteiger partial charge in [0.25, 0.3) is 0 Å². The zero-order valence-electron chi connectivity index (χ0n) is 10.6. The van der Waals surface area contributed by atoms with Gasteiger partial charge < -0.3 is 10.6 Å². The van der Waals surface area contributed by atoms with Crippen molar-refractivity contribution in [3.63, 3.8) is 0 Å². The number of anilines is 1. The first-order valence-corrected chi connectivity index (χ1v) is 7.36. The van der Waals surface area contributed by atoms with E-state index in [9.17, 15) is 4.79 Å². The van der Waals surface area contributed by atoms with Crippen LogP contribution in [0, 0.1) is 0 Å². The molecule has 1 aromatic rings. The fraction of sp³-hybridized carbons (Fsp3) is 0.500. The van der Waals surface area contributed by atoms with Gasteiger partial charge in [-0.25, -0.2) is 0 Å². The maximum atomic E-state index is 11.9. The van der Waals surface area contributed by atoms with Gasteiger partial charge in [-0.15, -0.1) is 0 Å². The molecule has 0 bridgehead atoms. The lowest BCUT2D eigenvalue weighted by atomic mass is 10.1. The van der Waals surface area contributed by atoms with Crippen molar-refractivity contribution in [2.24, 2.45) is 0 Å². The van der Waals surface area contributed by atoms with Crippen molar-refractivity contribution in [2.45, 2.75) is 38.6 Å². The largest absolute Gasteiger partial charge is 0.324 e. The Hall–Kier alpha value is -0.870.